The number of nitrogen functional groups attached to an aromatic ring is 1. The third-order valence-corrected chi connectivity index (χ3v) is 6.49. The molecule has 0 aliphatic rings. The third-order valence-electron chi connectivity index (χ3n) is 6.49. The van der Waals surface area contributed by atoms with Gasteiger partial charge in [0.15, 0.2) is 11.5 Å². The number of pyridine rings is 1. The van der Waals surface area contributed by atoms with Gasteiger partial charge in [-0.15, -0.1) is 5.10 Å². The van der Waals surface area contributed by atoms with E-state index in [-0.39, 0.29) is 22.8 Å². The Labute approximate surface area is 235 Å². The Hall–Kier alpha value is -5.69. The minimum atomic E-state index is -0.596. The number of carbonyl (C=O) groups excluding carboxylic acids is 2. The first-order valence-corrected chi connectivity index (χ1v) is 12.9. The molecular weight excluding hydrogens is 518 g/mol. The Morgan fingerprint density at radius 3 is 2.73 bits per heavy atom. The van der Waals surface area contributed by atoms with Gasteiger partial charge < -0.3 is 16.4 Å². The third kappa shape index (κ3) is 5.42. The lowest BCUT2D eigenvalue weighted by atomic mass is 10.0. The maximum atomic E-state index is 14.1. The van der Waals surface area contributed by atoms with E-state index in [1.165, 1.54) is 10.6 Å². The van der Waals surface area contributed by atoms with Crippen LogP contribution in [0.5, 0.6) is 0 Å². The fraction of sp³-hybridized carbons (Fsp3) is 0.129. The van der Waals surface area contributed by atoms with Crippen LogP contribution in [-0.2, 0) is 4.79 Å². The summed E-state index contributed by atoms with van der Waals surface area (Å²) in [6.07, 6.45) is 4.83. The predicted octanol–water partition coefficient (Wildman–Crippen LogP) is 3.15. The van der Waals surface area contributed by atoms with Crippen LogP contribution in [0.1, 0.15) is 41.0 Å². The molecule has 0 saturated heterocycles. The highest BCUT2D eigenvalue weighted by atomic mass is 16.2. The highest BCUT2D eigenvalue weighted by Gasteiger charge is 2.23. The second-order valence-corrected chi connectivity index (χ2v) is 9.21. The van der Waals surface area contributed by atoms with Crippen molar-refractivity contribution in [2.45, 2.75) is 19.4 Å². The standard InChI is InChI=1S/C31H27N7O3/c1-3-25(39)33-16-8-7-11-21-12-9-13-22-19-24(38(31(41)26(21)22)23-14-5-4-6-15-23)20(2)35-30(40)27-28(32)36-37-18-10-17-34-29(27)37/h3-6,9-10,12-15,17-20H,1,8,16H2,2H3,(H2,32,36)(H,33,39)(H,35,40)/t20-/m0/s1. The summed E-state index contributed by atoms with van der Waals surface area (Å²) in [6.45, 7) is 5.59. The Morgan fingerprint density at radius 1 is 1.15 bits per heavy atom. The van der Waals surface area contributed by atoms with Gasteiger partial charge in [-0.3, -0.25) is 19.0 Å². The van der Waals surface area contributed by atoms with Crippen molar-refractivity contribution in [1.82, 2.24) is 29.8 Å². The highest BCUT2D eigenvalue weighted by Crippen LogP contribution is 2.24. The number of benzene rings is 2. The minimum Gasteiger partial charge on any atom is -0.381 e. The number of para-hydroxylation sites is 1. The highest BCUT2D eigenvalue weighted by molar-refractivity contribution is 6.04. The molecule has 2 aromatic carbocycles. The molecule has 41 heavy (non-hydrogen) atoms. The number of nitrogens with zero attached hydrogens (tertiary/aromatic N) is 4. The normalized spacial score (nSPS) is 11.4. The largest absolute Gasteiger partial charge is 0.381 e. The Morgan fingerprint density at radius 2 is 1.95 bits per heavy atom. The molecule has 0 aliphatic carbocycles. The van der Waals surface area contributed by atoms with E-state index in [1.54, 1.807) is 36.0 Å². The number of amides is 2. The van der Waals surface area contributed by atoms with Crippen LogP contribution in [0.4, 0.5) is 5.82 Å². The van der Waals surface area contributed by atoms with Crippen LogP contribution in [0.2, 0.25) is 0 Å². The van der Waals surface area contributed by atoms with Gasteiger partial charge in [0, 0.05) is 42.3 Å². The summed E-state index contributed by atoms with van der Waals surface area (Å²) in [5, 5.41) is 11.0. The molecule has 0 spiro atoms. The Balaban J connectivity index is 1.56. The number of aromatic nitrogens is 4. The molecule has 10 heteroatoms. The van der Waals surface area contributed by atoms with Crippen molar-refractivity contribution in [3.8, 4) is 17.5 Å². The van der Waals surface area contributed by atoms with Crippen LogP contribution in [0.3, 0.4) is 0 Å². The van der Waals surface area contributed by atoms with Gasteiger partial charge in [-0.05, 0) is 48.7 Å². The molecule has 0 bridgehead atoms. The summed E-state index contributed by atoms with van der Waals surface area (Å²) >= 11 is 0. The van der Waals surface area contributed by atoms with Gasteiger partial charge in [-0.1, -0.05) is 48.8 Å². The number of carbonyl (C=O) groups is 2. The maximum absolute atomic E-state index is 14.1. The molecule has 0 radical (unpaired) electrons. The van der Waals surface area contributed by atoms with E-state index >= 15 is 0 Å². The average Bonchev–Trinajstić information content (AvgIpc) is 3.32. The van der Waals surface area contributed by atoms with Gasteiger partial charge in [0.1, 0.15) is 5.56 Å². The lowest BCUT2D eigenvalue weighted by Crippen LogP contribution is -2.32. The first-order chi connectivity index (χ1) is 19.9. The summed E-state index contributed by atoms with van der Waals surface area (Å²) in [7, 11) is 0. The summed E-state index contributed by atoms with van der Waals surface area (Å²) in [5.74, 6) is 5.44. The van der Waals surface area contributed by atoms with Crippen molar-refractivity contribution in [2.75, 3.05) is 12.3 Å². The number of nitrogens with two attached hydrogens (primary N) is 1. The SMILES string of the molecule is C=CC(=O)NCCC#Cc1cccc2cc([C@H](C)NC(=O)c3c(N)nn4cccnc34)n(-c3ccccc3)c(=O)c12. The van der Waals surface area contributed by atoms with Crippen LogP contribution in [0.15, 0.2) is 90.5 Å². The molecule has 0 unspecified atom stereocenters. The molecule has 0 fully saturated rings. The van der Waals surface area contributed by atoms with Crippen LogP contribution in [0, 0.1) is 11.8 Å². The van der Waals surface area contributed by atoms with Gasteiger partial charge >= 0.3 is 0 Å². The Kier molecular flexibility index (Phi) is 7.60. The number of hydrogen-bond acceptors (Lipinski definition) is 6. The second kappa shape index (κ2) is 11.6. The fourth-order valence-electron chi connectivity index (χ4n) is 4.59. The molecule has 5 aromatic rings. The molecule has 10 nitrogen and oxygen atoms in total. The summed E-state index contributed by atoms with van der Waals surface area (Å²) in [6, 6.07) is 17.6. The fourth-order valence-corrected chi connectivity index (χ4v) is 4.59. The number of fused-ring (bicyclic) bond motifs is 2. The molecule has 2 amide bonds. The topological polar surface area (TPSA) is 136 Å². The molecule has 0 aliphatic heterocycles. The van der Waals surface area contributed by atoms with E-state index in [0.717, 1.165) is 0 Å². The molecule has 5 rings (SSSR count). The lowest BCUT2D eigenvalue weighted by Gasteiger charge is -2.21. The van der Waals surface area contributed by atoms with Gasteiger partial charge in [0.05, 0.1) is 11.4 Å². The minimum absolute atomic E-state index is 0.0552. The zero-order valence-corrected chi connectivity index (χ0v) is 22.3. The van der Waals surface area contributed by atoms with Gasteiger partial charge in [-0.25, -0.2) is 9.50 Å². The number of rotatable bonds is 7. The van der Waals surface area contributed by atoms with Crippen LogP contribution >= 0.6 is 0 Å². The zero-order chi connectivity index (χ0) is 28.9. The van der Waals surface area contributed by atoms with E-state index in [4.69, 9.17) is 5.73 Å². The number of nitrogens with one attached hydrogen (secondary N) is 2. The van der Waals surface area contributed by atoms with Crippen molar-refractivity contribution in [2.24, 2.45) is 0 Å². The first-order valence-electron chi connectivity index (χ1n) is 12.9. The van der Waals surface area contributed by atoms with Gasteiger partial charge in [0.2, 0.25) is 5.91 Å². The molecule has 0 saturated carbocycles. The number of anilines is 1. The van der Waals surface area contributed by atoms with Crippen LogP contribution < -0.4 is 21.9 Å². The molecular formula is C31H27N7O3. The summed E-state index contributed by atoms with van der Waals surface area (Å²) < 4.78 is 3.03. The quantitative estimate of drug-likeness (QED) is 0.163. The molecule has 3 aromatic heterocycles. The second-order valence-electron chi connectivity index (χ2n) is 9.21. The van der Waals surface area contributed by atoms with Crippen molar-refractivity contribution >= 4 is 34.1 Å². The van der Waals surface area contributed by atoms with E-state index in [0.29, 0.717) is 46.3 Å². The smallest absolute Gasteiger partial charge is 0.264 e. The van der Waals surface area contributed by atoms with Crippen LogP contribution in [-0.4, -0.2) is 37.5 Å². The van der Waals surface area contributed by atoms with E-state index in [1.807, 2.05) is 48.5 Å². The molecule has 4 N–H and O–H groups in total. The van der Waals surface area contributed by atoms with E-state index in [9.17, 15) is 14.4 Å². The predicted molar refractivity (Wildman–Crippen MR) is 158 cm³/mol. The first kappa shape index (κ1) is 26.9. The summed E-state index contributed by atoms with van der Waals surface area (Å²) in [5.41, 5.74) is 8.07. The average molecular weight is 546 g/mol. The van der Waals surface area contributed by atoms with Gasteiger partial charge in [0.25, 0.3) is 11.5 Å². The molecule has 1 atom stereocenters. The molecule has 3 heterocycles. The van der Waals surface area contributed by atoms with Crippen LogP contribution in [0.25, 0.3) is 22.1 Å². The Bertz CT molecular complexity index is 1910. The molecule has 204 valence electrons. The van der Waals surface area contributed by atoms with Crippen molar-refractivity contribution in [3.05, 3.63) is 113 Å². The maximum Gasteiger partial charge on any atom is 0.264 e. The summed E-state index contributed by atoms with van der Waals surface area (Å²) in [4.78, 5) is 43.1. The lowest BCUT2D eigenvalue weighted by molar-refractivity contribution is -0.116. The number of hydrogen-bond donors (Lipinski definition) is 3. The van der Waals surface area contributed by atoms with E-state index in [2.05, 4.69) is 39.1 Å². The van der Waals surface area contributed by atoms with Crippen molar-refractivity contribution in [3.63, 3.8) is 0 Å². The van der Waals surface area contributed by atoms with Crippen molar-refractivity contribution in [1.29, 1.82) is 0 Å². The zero-order valence-electron chi connectivity index (χ0n) is 22.3. The van der Waals surface area contributed by atoms with E-state index < -0.39 is 11.9 Å². The van der Waals surface area contributed by atoms with Crippen molar-refractivity contribution < 1.29 is 9.59 Å². The monoisotopic (exact) mass is 545 g/mol. The van der Waals surface area contributed by atoms with Gasteiger partial charge in [-0.2, -0.15) is 0 Å².